The van der Waals surface area contributed by atoms with Crippen LogP contribution in [0.2, 0.25) is 0 Å². The number of aromatic nitrogens is 7. The van der Waals surface area contributed by atoms with Crippen molar-refractivity contribution in [3.8, 4) is 11.6 Å². The molecule has 4 aromatic rings. The van der Waals surface area contributed by atoms with Crippen molar-refractivity contribution in [3.63, 3.8) is 0 Å². The van der Waals surface area contributed by atoms with Crippen LogP contribution >= 0.6 is 11.8 Å². The van der Waals surface area contributed by atoms with Crippen LogP contribution in [0.1, 0.15) is 17.1 Å². The predicted octanol–water partition coefficient (Wildman–Crippen LogP) is 2.90. The summed E-state index contributed by atoms with van der Waals surface area (Å²) in [5.41, 5.74) is 3.33. The minimum atomic E-state index is -0.193. The van der Waals surface area contributed by atoms with Crippen LogP contribution in [-0.2, 0) is 4.79 Å². The Bertz CT molecular complexity index is 1160. The lowest BCUT2D eigenvalue weighted by Crippen LogP contribution is -2.18. The molecular formula is C20H20N8OS. The molecule has 152 valence electrons. The highest BCUT2D eigenvalue weighted by atomic mass is 32.2. The van der Waals surface area contributed by atoms with E-state index in [1.165, 1.54) is 11.8 Å². The molecule has 0 atom stereocenters. The average Bonchev–Trinajstić information content (AvgIpc) is 3.33. The van der Waals surface area contributed by atoms with Crippen LogP contribution in [0, 0.1) is 20.8 Å². The van der Waals surface area contributed by atoms with Crippen LogP contribution in [0.5, 0.6) is 0 Å². The zero-order chi connectivity index (χ0) is 21.1. The summed E-state index contributed by atoms with van der Waals surface area (Å²) in [6, 6.07) is 13.4. The van der Waals surface area contributed by atoms with Gasteiger partial charge in [-0.3, -0.25) is 4.79 Å². The summed E-state index contributed by atoms with van der Waals surface area (Å²) < 4.78 is 3.22. The number of thioether (sulfide) groups is 1. The Balaban J connectivity index is 1.43. The fourth-order valence-electron chi connectivity index (χ4n) is 2.87. The maximum atomic E-state index is 12.5. The second kappa shape index (κ2) is 8.46. The van der Waals surface area contributed by atoms with Crippen molar-refractivity contribution < 1.29 is 4.79 Å². The van der Waals surface area contributed by atoms with Crippen LogP contribution in [0.25, 0.3) is 11.6 Å². The molecule has 10 heteroatoms. The van der Waals surface area contributed by atoms with Gasteiger partial charge in [0.2, 0.25) is 11.1 Å². The monoisotopic (exact) mass is 420 g/mol. The van der Waals surface area contributed by atoms with E-state index < -0.39 is 0 Å². The second-order valence-electron chi connectivity index (χ2n) is 6.68. The standard InChI is InChI=1S/C20H20N8OS/c1-13-9-14(2)23-19(22-13)28-17(10-15(3)25-28)24-18(29)11-30-20-21-12-27(26-20)16-7-5-4-6-8-16/h4-10,12H,11H2,1-3H3,(H,24,29). The lowest BCUT2D eigenvalue weighted by molar-refractivity contribution is -0.113. The highest BCUT2D eigenvalue weighted by Gasteiger charge is 2.14. The van der Waals surface area contributed by atoms with E-state index in [1.807, 2.05) is 57.2 Å². The number of aryl methyl sites for hydroxylation is 3. The molecule has 4 rings (SSSR count). The summed E-state index contributed by atoms with van der Waals surface area (Å²) in [5, 5.41) is 12.2. The molecule has 3 aromatic heterocycles. The lowest BCUT2D eigenvalue weighted by atomic mass is 10.3. The van der Waals surface area contributed by atoms with Gasteiger partial charge in [0, 0.05) is 17.5 Å². The maximum Gasteiger partial charge on any atom is 0.252 e. The smallest absolute Gasteiger partial charge is 0.252 e. The quantitative estimate of drug-likeness (QED) is 0.478. The molecule has 1 N–H and O–H groups in total. The number of para-hydroxylation sites is 1. The minimum absolute atomic E-state index is 0.163. The number of rotatable bonds is 6. The SMILES string of the molecule is Cc1cc(C)nc(-n2nc(C)cc2NC(=O)CSc2ncn(-c3ccccc3)n2)n1. The molecule has 0 aliphatic carbocycles. The molecule has 0 radical (unpaired) electrons. The van der Waals surface area contributed by atoms with Gasteiger partial charge in [0.15, 0.2) is 0 Å². The molecule has 0 saturated carbocycles. The van der Waals surface area contributed by atoms with E-state index in [0.29, 0.717) is 16.9 Å². The molecule has 0 aliphatic rings. The van der Waals surface area contributed by atoms with Gasteiger partial charge in [-0.2, -0.15) is 9.78 Å². The number of nitrogens with one attached hydrogen (secondary N) is 1. The van der Waals surface area contributed by atoms with Crippen LogP contribution in [0.15, 0.2) is 53.9 Å². The number of anilines is 1. The summed E-state index contributed by atoms with van der Waals surface area (Å²) in [6.45, 7) is 5.64. The summed E-state index contributed by atoms with van der Waals surface area (Å²) >= 11 is 1.26. The first-order chi connectivity index (χ1) is 14.5. The van der Waals surface area contributed by atoms with E-state index in [9.17, 15) is 4.79 Å². The molecule has 0 spiro atoms. The number of nitrogens with zero attached hydrogens (tertiary/aromatic N) is 7. The molecule has 30 heavy (non-hydrogen) atoms. The largest absolute Gasteiger partial charge is 0.310 e. The van der Waals surface area contributed by atoms with Gasteiger partial charge in [-0.05, 0) is 39.0 Å². The third-order valence-corrected chi connectivity index (χ3v) is 4.93. The Hall–Kier alpha value is -3.53. The molecule has 9 nitrogen and oxygen atoms in total. The highest BCUT2D eigenvalue weighted by Crippen LogP contribution is 2.18. The molecule has 1 aromatic carbocycles. The molecule has 3 heterocycles. The van der Waals surface area contributed by atoms with E-state index >= 15 is 0 Å². The Labute approximate surface area is 177 Å². The summed E-state index contributed by atoms with van der Waals surface area (Å²) in [4.78, 5) is 25.6. The fourth-order valence-corrected chi connectivity index (χ4v) is 3.47. The van der Waals surface area contributed by atoms with Gasteiger partial charge in [-0.25, -0.2) is 19.6 Å². The number of amides is 1. The van der Waals surface area contributed by atoms with Crippen molar-refractivity contribution in [1.29, 1.82) is 0 Å². The van der Waals surface area contributed by atoms with Gasteiger partial charge in [0.05, 0.1) is 17.1 Å². The number of hydrogen-bond donors (Lipinski definition) is 1. The van der Waals surface area contributed by atoms with Crippen molar-refractivity contribution in [3.05, 3.63) is 65.9 Å². The first-order valence-electron chi connectivity index (χ1n) is 9.27. The van der Waals surface area contributed by atoms with E-state index in [0.717, 1.165) is 22.8 Å². The first-order valence-corrected chi connectivity index (χ1v) is 10.3. The Kier molecular flexibility index (Phi) is 5.57. The number of benzene rings is 1. The zero-order valence-electron chi connectivity index (χ0n) is 16.8. The molecule has 0 aliphatic heterocycles. The summed E-state index contributed by atoms with van der Waals surface area (Å²) in [5.74, 6) is 0.913. The zero-order valence-corrected chi connectivity index (χ0v) is 17.6. The van der Waals surface area contributed by atoms with Crippen molar-refractivity contribution in [2.24, 2.45) is 0 Å². The third-order valence-electron chi connectivity index (χ3n) is 4.08. The van der Waals surface area contributed by atoms with Gasteiger partial charge in [0.1, 0.15) is 12.1 Å². The molecule has 0 saturated heterocycles. The number of hydrogen-bond acceptors (Lipinski definition) is 7. The minimum Gasteiger partial charge on any atom is -0.310 e. The Morgan fingerprint density at radius 2 is 1.73 bits per heavy atom. The highest BCUT2D eigenvalue weighted by molar-refractivity contribution is 7.99. The normalized spacial score (nSPS) is 10.9. The van der Waals surface area contributed by atoms with Crippen molar-refractivity contribution in [1.82, 2.24) is 34.5 Å². The van der Waals surface area contributed by atoms with Crippen LogP contribution in [0.3, 0.4) is 0 Å². The number of carbonyl (C=O) groups is 1. The predicted molar refractivity (Wildman–Crippen MR) is 114 cm³/mol. The van der Waals surface area contributed by atoms with Crippen molar-refractivity contribution >= 4 is 23.5 Å². The molecular weight excluding hydrogens is 400 g/mol. The van der Waals surface area contributed by atoms with Gasteiger partial charge in [0.25, 0.3) is 5.95 Å². The second-order valence-corrected chi connectivity index (χ2v) is 7.62. The van der Waals surface area contributed by atoms with Gasteiger partial charge < -0.3 is 5.32 Å². The Morgan fingerprint density at radius 1 is 1.00 bits per heavy atom. The average molecular weight is 421 g/mol. The first kappa shape index (κ1) is 19.8. The van der Waals surface area contributed by atoms with Crippen molar-refractivity contribution in [2.75, 3.05) is 11.1 Å². The molecule has 0 bridgehead atoms. The lowest BCUT2D eigenvalue weighted by Gasteiger charge is -2.08. The van der Waals surface area contributed by atoms with E-state index in [4.69, 9.17) is 0 Å². The van der Waals surface area contributed by atoms with Crippen LogP contribution < -0.4 is 5.32 Å². The van der Waals surface area contributed by atoms with E-state index in [2.05, 4.69) is 30.5 Å². The van der Waals surface area contributed by atoms with Crippen LogP contribution in [-0.4, -0.2) is 46.2 Å². The maximum absolute atomic E-state index is 12.5. The molecule has 0 unspecified atom stereocenters. The Morgan fingerprint density at radius 3 is 2.47 bits per heavy atom. The van der Waals surface area contributed by atoms with E-state index in [1.54, 1.807) is 21.8 Å². The van der Waals surface area contributed by atoms with Crippen LogP contribution in [0.4, 0.5) is 5.82 Å². The van der Waals surface area contributed by atoms with Crippen molar-refractivity contribution in [2.45, 2.75) is 25.9 Å². The molecule has 1 amide bonds. The fraction of sp³-hybridized carbons (Fsp3) is 0.200. The van der Waals surface area contributed by atoms with Gasteiger partial charge in [-0.1, -0.05) is 30.0 Å². The topological polar surface area (TPSA) is 103 Å². The summed E-state index contributed by atoms with van der Waals surface area (Å²) in [6.07, 6.45) is 1.63. The number of carbonyl (C=O) groups excluding carboxylic acids is 1. The summed E-state index contributed by atoms with van der Waals surface area (Å²) in [7, 11) is 0. The van der Waals surface area contributed by atoms with Gasteiger partial charge in [-0.15, -0.1) is 5.10 Å². The van der Waals surface area contributed by atoms with E-state index in [-0.39, 0.29) is 11.7 Å². The molecule has 0 fully saturated rings. The third kappa shape index (κ3) is 4.54. The van der Waals surface area contributed by atoms with Gasteiger partial charge >= 0.3 is 0 Å².